The number of esters is 1. The van der Waals surface area contributed by atoms with Crippen molar-refractivity contribution in [2.45, 2.75) is 44.9 Å². The lowest BCUT2D eigenvalue weighted by Gasteiger charge is -2.20. The Hall–Kier alpha value is -1.15. The number of carbonyl (C=O) groups is 1. The molecule has 0 saturated heterocycles. The van der Waals surface area contributed by atoms with Crippen molar-refractivity contribution in [3.63, 3.8) is 0 Å². The van der Waals surface area contributed by atoms with Crippen molar-refractivity contribution in [1.82, 2.24) is 0 Å². The number of halogens is 2. The van der Waals surface area contributed by atoms with E-state index in [9.17, 15) is 9.18 Å². The van der Waals surface area contributed by atoms with Gasteiger partial charge in [0.25, 0.3) is 0 Å². The highest BCUT2D eigenvalue weighted by atomic mass is 35.5. The van der Waals surface area contributed by atoms with Gasteiger partial charge in [-0.1, -0.05) is 31.2 Å². The summed E-state index contributed by atoms with van der Waals surface area (Å²) in [6.07, 6.45) is -0.0472. The Morgan fingerprint density at radius 1 is 1.35 bits per heavy atom. The number of hydrogen-bond acceptors (Lipinski definition) is 5. The molecule has 8 heteroatoms. The Balaban J connectivity index is 2.85. The molecule has 0 fully saturated rings. The molecule has 0 heterocycles. The third kappa shape index (κ3) is 7.61. The van der Waals surface area contributed by atoms with E-state index in [1.165, 1.54) is 6.07 Å². The fourth-order valence-electron chi connectivity index (χ4n) is 2.32. The summed E-state index contributed by atoms with van der Waals surface area (Å²) in [5, 5.41) is -0.0469. The predicted molar refractivity (Wildman–Crippen MR) is 104 cm³/mol. The number of benzene rings is 1. The zero-order valence-corrected chi connectivity index (χ0v) is 17.7. The second-order valence-electron chi connectivity index (χ2n) is 7.20. The summed E-state index contributed by atoms with van der Waals surface area (Å²) < 4.78 is 30.7. The summed E-state index contributed by atoms with van der Waals surface area (Å²) in [6, 6.07) is 3.98. The van der Waals surface area contributed by atoms with Crippen molar-refractivity contribution in [2.75, 3.05) is 26.6 Å². The van der Waals surface area contributed by atoms with Crippen LogP contribution in [0.1, 0.15) is 24.8 Å². The van der Waals surface area contributed by atoms with E-state index in [0.717, 1.165) is 6.04 Å². The molecule has 0 saturated carbocycles. The molecule has 0 bridgehead atoms. The number of nitrogens with two attached hydrogens (primary N) is 1. The van der Waals surface area contributed by atoms with Crippen molar-refractivity contribution in [3.05, 3.63) is 28.5 Å². The zero-order valence-electron chi connectivity index (χ0n) is 15.9. The first-order chi connectivity index (χ1) is 12.2. The molecular formula is C18H29ClFNO4Si. The first kappa shape index (κ1) is 22.9. The normalized spacial score (nSPS) is 12.7. The summed E-state index contributed by atoms with van der Waals surface area (Å²) in [4.78, 5) is 11.8. The molecule has 0 aliphatic heterocycles. The summed E-state index contributed by atoms with van der Waals surface area (Å²) >= 11 is 5.90. The van der Waals surface area contributed by atoms with Gasteiger partial charge in [-0.15, -0.1) is 0 Å². The lowest BCUT2D eigenvalue weighted by atomic mass is 9.94. The summed E-state index contributed by atoms with van der Waals surface area (Å²) in [7, 11) is -1.19. The van der Waals surface area contributed by atoms with Crippen molar-refractivity contribution >= 4 is 25.6 Å². The molecule has 0 unspecified atom stereocenters. The standard InChI is InChI=1S/C18H29ClFNO4Si/c1-5-24-16(22)10-13(11-21)17-15(7-6-14(19)18(17)20)25-12-23-8-9-26(2,3)4/h6-7,13H,5,8-12,21H2,1-4H3/t13-/m0/s1. The molecule has 148 valence electrons. The second kappa shape index (κ2) is 10.9. The zero-order chi connectivity index (χ0) is 19.7. The van der Waals surface area contributed by atoms with Gasteiger partial charge < -0.3 is 19.9 Å². The molecule has 0 radical (unpaired) electrons. The van der Waals surface area contributed by atoms with Gasteiger partial charge in [-0.3, -0.25) is 4.79 Å². The first-order valence-electron chi connectivity index (χ1n) is 8.73. The van der Waals surface area contributed by atoms with Gasteiger partial charge in [0.1, 0.15) is 11.6 Å². The maximum Gasteiger partial charge on any atom is 0.306 e. The molecular weight excluding hydrogens is 377 g/mol. The van der Waals surface area contributed by atoms with Gasteiger partial charge >= 0.3 is 5.97 Å². The van der Waals surface area contributed by atoms with Gasteiger partial charge in [0.05, 0.1) is 18.1 Å². The minimum atomic E-state index is -1.19. The molecule has 0 amide bonds. The quantitative estimate of drug-likeness (QED) is 0.259. The van der Waals surface area contributed by atoms with Gasteiger partial charge in [0.15, 0.2) is 6.79 Å². The van der Waals surface area contributed by atoms with E-state index in [2.05, 4.69) is 19.6 Å². The molecule has 2 N–H and O–H groups in total. The molecule has 1 rings (SSSR count). The highest BCUT2D eigenvalue weighted by molar-refractivity contribution is 6.76. The highest BCUT2D eigenvalue weighted by Crippen LogP contribution is 2.35. The van der Waals surface area contributed by atoms with Crippen LogP contribution in [0.15, 0.2) is 12.1 Å². The maximum absolute atomic E-state index is 14.6. The SMILES string of the molecule is CCOC(=O)C[C@@H](CN)c1c(OCOCC[Si](C)(C)C)ccc(Cl)c1F. The lowest BCUT2D eigenvalue weighted by molar-refractivity contribution is -0.143. The second-order valence-corrected chi connectivity index (χ2v) is 13.2. The molecule has 0 aliphatic carbocycles. The van der Waals surface area contributed by atoms with Crippen LogP contribution >= 0.6 is 11.6 Å². The largest absolute Gasteiger partial charge is 0.467 e. The van der Waals surface area contributed by atoms with Gasteiger partial charge in [0, 0.05) is 26.2 Å². The van der Waals surface area contributed by atoms with Crippen molar-refractivity contribution in [1.29, 1.82) is 0 Å². The Morgan fingerprint density at radius 2 is 2.04 bits per heavy atom. The molecule has 1 aromatic carbocycles. The minimum absolute atomic E-state index is 0.00471. The van der Waals surface area contributed by atoms with E-state index in [1.54, 1.807) is 13.0 Å². The first-order valence-corrected chi connectivity index (χ1v) is 12.8. The van der Waals surface area contributed by atoms with Crippen molar-refractivity contribution in [3.8, 4) is 5.75 Å². The van der Waals surface area contributed by atoms with Crippen molar-refractivity contribution < 1.29 is 23.4 Å². The molecule has 1 aromatic rings. The smallest absolute Gasteiger partial charge is 0.306 e. The third-order valence-corrected chi connectivity index (χ3v) is 5.79. The monoisotopic (exact) mass is 405 g/mol. The predicted octanol–water partition coefficient (Wildman–Crippen LogP) is 4.17. The summed E-state index contributed by atoms with van der Waals surface area (Å²) in [5.74, 6) is -1.39. The Kier molecular flexibility index (Phi) is 9.56. The Bertz CT molecular complexity index is 595. The molecule has 0 aliphatic rings. The number of ether oxygens (including phenoxy) is 3. The molecule has 5 nitrogen and oxygen atoms in total. The van der Waals surface area contributed by atoms with Crippen molar-refractivity contribution in [2.24, 2.45) is 5.73 Å². The summed E-state index contributed by atoms with van der Waals surface area (Å²) in [6.45, 7) is 9.37. The van der Waals surface area contributed by atoms with E-state index in [0.29, 0.717) is 6.61 Å². The molecule has 26 heavy (non-hydrogen) atoms. The van der Waals surface area contributed by atoms with Crippen LogP contribution in [-0.4, -0.2) is 40.6 Å². The van der Waals surface area contributed by atoms with Crippen LogP contribution in [0.2, 0.25) is 30.7 Å². The van der Waals surface area contributed by atoms with Crippen LogP contribution in [0.5, 0.6) is 5.75 Å². The van der Waals surface area contributed by atoms with E-state index >= 15 is 0 Å². The van der Waals surface area contributed by atoms with Gasteiger partial charge in [0.2, 0.25) is 0 Å². The Labute approximate surface area is 161 Å². The van der Waals surface area contributed by atoms with E-state index in [1.807, 2.05) is 0 Å². The average Bonchev–Trinajstić information content (AvgIpc) is 2.55. The number of carbonyl (C=O) groups excluding carboxylic acids is 1. The maximum atomic E-state index is 14.6. The Morgan fingerprint density at radius 3 is 2.62 bits per heavy atom. The van der Waals surface area contributed by atoms with E-state index in [-0.39, 0.29) is 42.7 Å². The van der Waals surface area contributed by atoms with Crippen LogP contribution in [0.25, 0.3) is 0 Å². The van der Waals surface area contributed by atoms with Crippen LogP contribution in [0, 0.1) is 5.82 Å². The lowest BCUT2D eigenvalue weighted by Crippen LogP contribution is -2.22. The van der Waals surface area contributed by atoms with Crippen LogP contribution in [0.3, 0.4) is 0 Å². The third-order valence-electron chi connectivity index (χ3n) is 3.80. The van der Waals surface area contributed by atoms with Crippen LogP contribution < -0.4 is 10.5 Å². The highest BCUT2D eigenvalue weighted by Gasteiger charge is 2.25. The number of hydrogen-bond donors (Lipinski definition) is 1. The number of rotatable bonds is 11. The average molecular weight is 406 g/mol. The molecule has 1 atom stereocenters. The fourth-order valence-corrected chi connectivity index (χ4v) is 3.24. The minimum Gasteiger partial charge on any atom is -0.467 e. The van der Waals surface area contributed by atoms with Gasteiger partial charge in [-0.05, 0) is 31.6 Å². The van der Waals surface area contributed by atoms with Crippen LogP contribution in [-0.2, 0) is 14.3 Å². The van der Waals surface area contributed by atoms with Gasteiger partial charge in [-0.2, -0.15) is 0 Å². The van der Waals surface area contributed by atoms with Gasteiger partial charge in [-0.25, -0.2) is 4.39 Å². The molecule has 0 aromatic heterocycles. The fraction of sp³-hybridized carbons (Fsp3) is 0.611. The van der Waals surface area contributed by atoms with Crippen LogP contribution in [0.4, 0.5) is 4.39 Å². The van der Waals surface area contributed by atoms with E-state index in [4.69, 9.17) is 31.5 Å². The van der Waals surface area contributed by atoms with E-state index < -0.39 is 25.8 Å². The summed E-state index contributed by atoms with van der Waals surface area (Å²) in [5.41, 5.74) is 5.94. The molecule has 0 spiro atoms. The topological polar surface area (TPSA) is 70.8 Å².